The third kappa shape index (κ3) is 7.01. The van der Waals surface area contributed by atoms with Crippen LogP contribution in [0, 0.1) is 0 Å². The van der Waals surface area contributed by atoms with Crippen LogP contribution >= 0.6 is 0 Å². The molecule has 0 spiro atoms. The molecule has 0 aliphatic carbocycles. The third-order valence-electron chi connectivity index (χ3n) is 1.64. The molecule has 96 valence electrons. The molecule has 0 bridgehead atoms. The molecule has 0 radical (unpaired) electrons. The topological polar surface area (TPSA) is 129 Å². The van der Waals surface area contributed by atoms with Gasteiger partial charge in [0.1, 0.15) is 13.5 Å². The first-order valence-electron chi connectivity index (χ1n) is 5.10. The van der Waals surface area contributed by atoms with Gasteiger partial charge in [-0.3, -0.25) is 0 Å². The van der Waals surface area contributed by atoms with Crippen molar-refractivity contribution in [1.29, 1.82) is 0 Å². The van der Waals surface area contributed by atoms with Gasteiger partial charge in [0, 0.05) is 6.61 Å². The Balaban J connectivity index is 0.00000121. The van der Waals surface area contributed by atoms with Crippen LogP contribution in [0.1, 0.15) is 19.8 Å². The average Bonchev–Trinajstić information content (AvgIpc) is 2.30. The highest BCUT2D eigenvalue weighted by molar-refractivity contribution is 5.36. The minimum Gasteiger partial charge on any atom is -0.368 e. The molecule has 8 nitrogen and oxygen atoms in total. The van der Waals surface area contributed by atoms with Crippen LogP contribution in [-0.4, -0.2) is 35.1 Å². The maximum absolute atomic E-state index is 8.00. The number of rotatable bonds is 6. The number of carbonyl (C=O) groups is 1. The molecular formula is C9H18N6O2. The van der Waals surface area contributed by atoms with Crippen molar-refractivity contribution in [3.63, 3.8) is 0 Å². The lowest BCUT2D eigenvalue weighted by Crippen LogP contribution is -2.12. The Kier molecular flexibility index (Phi) is 8.21. The fourth-order valence-corrected chi connectivity index (χ4v) is 0.923. The summed E-state index contributed by atoms with van der Waals surface area (Å²) < 4.78 is 5.26. The Bertz CT molecular complexity index is 302. The molecule has 0 aliphatic rings. The minimum absolute atomic E-state index is 0.0959. The smallest absolute Gasteiger partial charge is 0.231 e. The van der Waals surface area contributed by atoms with E-state index in [-0.39, 0.29) is 11.9 Å². The molecule has 17 heavy (non-hydrogen) atoms. The van der Waals surface area contributed by atoms with Gasteiger partial charge in [0.2, 0.25) is 17.8 Å². The van der Waals surface area contributed by atoms with Crippen molar-refractivity contribution in [3.8, 4) is 0 Å². The van der Waals surface area contributed by atoms with E-state index in [0.29, 0.717) is 19.3 Å². The molecule has 0 saturated heterocycles. The monoisotopic (exact) mass is 242 g/mol. The molecule has 1 aromatic heterocycles. The zero-order valence-corrected chi connectivity index (χ0v) is 9.85. The lowest BCUT2D eigenvalue weighted by atomic mass is 10.4. The van der Waals surface area contributed by atoms with Crippen molar-refractivity contribution in [1.82, 2.24) is 15.0 Å². The van der Waals surface area contributed by atoms with Gasteiger partial charge in [-0.25, -0.2) is 0 Å². The van der Waals surface area contributed by atoms with Crippen LogP contribution in [0.2, 0.25) is 0 Å². The van der Waals surface area contributed by atoms with E-state index in [4.69, 9.17) is 21.0 Å². The van der Waals surface area contributed by atoms with Gasteiger partial charge in [0.25, 0.3) is 0 Å². The second kappa shape index (κ2) is 9.28. The SMILES string of the molecule is C=O.CCCCOCNc1nc(N)nc(N)n1. The number of hydrogen-bond acceptors (Lipinski definition) is 8. The zero-order chi connectivity index (χ0) is 13.1. The number of nitrogens with one attached hydrogen (secondary N) is 1. The molecule has 0 unspecified atom stereocenters. The number of nitrogens with zero attached hydrogens (tertiary/aromatic N) is 3. The molecule has 1 rings (SSSR count). The molecular weight excluding hydrogens is 224 g/mol. The number of aromatic nitrogens is 3. The van der Waals surface area contributed by atoms with Gasteiger partial charge >= 0.3 is 0 Å². The van der Waals surface area contributed by atoms with E-state index in [9.17, 15) is 0 Å². The first kappa shape index (κ1) is 15.0. The van der Waals surface area contributed by atoms with Crippen LogP contribution in [0.25, 0.3) is 0 Å². The first-order valence-corrected chi connectivity index (χ1v) is 5.10. The second-order valence-corrected chi connectivity index (χ2v) is 2.96. The standard InChI is InChI=1S/C8H16N6O.CH2O/c1-2-3-4-15-5-11-8-13-6(9)12-7(10)14-8;1-2/h2-5H2,1H3,(H5,9,10,11,12,13,14);1H2. The normalized spacial score (nSPS) is 9.24. The first-order chi connectivity index (χ1) is 8.22. The number of hydrogen-bond donors (Lipinski definition) is 3. The Morgan fingerprint density at radius 2 is 1.82 bits per heavy atom. The van der Waals surface area contributed by atoms with Gasteiger partial charge < -0.3 is 26.3 Å². The largest absolute Gasteiger partial charge is 0.368 e. The Morgan fingerprint density at radius 1 is 1.24 bits per heavy atom. The maximum atomic E-state index is 8.00. The Hall–Kier alpha value is -1.96. The van der Waals surface area contributed by atoms with Crippen molar-refractivity contribution >= 4 is 24.6 Å². The fourth-order valence-electron chi connectivity index (χ4n) is 0.923. The van der Waals surface area contributed by atoms with Crippen molar-refractivity contribution in [2.45, 2.75) is 19.8 Å². The van der Waals surface area contributed by atoms with Gasteiger partial charge in [-0.15, -0.1) is 0 Å². The molecule has 0 atom stereocenters. The van der Waals surface area contributed by atoms with Crippen molar-refractivity contribution < 1.29 is 9.53 Å². The molecule has 1 aromatic rings. The van der Waals surface area contributed by atoms with E-state index in [1.54, 1.807) is 0 Å². The van der Waals surface area contributed by atoms with Gasteiger partial charge in [-0.2, -0.15) is 15.0 Å². The fraction of sp³-hybridized carbons (Fsp3) is 0.556. The summed E-state index contributed by atoms with van der Waals surface area (Å²) in [5, 5.41) is 2.84. The van der Waals surface area contributed by atoms with E-state index in [2.05, 4.69) is 27.2 Å². The van der Waals surface area contributed by atoms with E-state index < -0.39 is 0 Å². The lowest BCUT2D eigenvalue weighted by molar-refractivity contribution is -0.0979. The molecule has 5 N–H and O–H groups in total. The molecule has 0 aliphatic heterocycles. The molecule has 0 amide bonds. The molecule has 0 aromatic carbocycles. The highest BCUT2D eigenvalue weighted by Gasteiger charge is 1.99. The quantitative estimate of drug-likeness (QED) is 0.471. The van der Waals surface area contributed by atoms with Crippen LogP contribution in [0.3, 0.4) is 0 Å². The van der Waals surface area contributed by atoms with Crippen LogP contribution in [0.15, 0.2) is 0 Å². The van der Waals surface area contributed by atoms with Crippen molar-refractivity contribution in [2.24, 2.45) is 0 Å². The van der Waals surface area contributed by atoms with E-state index in [1.807, 2.05) is 6.79 Å². The predicted octanol–water partition coefficient (Wildman–Crippen LogP) is 0.0372. The highest BCUT2D eigenvalue weighted by atomic mass is 16.5. The van der Waals surface area contributed by atoms with Crippen LogP contribution in [0.4, 0.5) is 17.8 Å². The summed E-state index contributed by atoms with van der Waals surface area (Å²) in [7, 11) is 0. The third-order valence-corrected chi connectivity index (χ3v) is 1.64. The van der Waals surface area contributed by atoms with Gasteiger partial charge in [0.05, 0.1) is 0 Å². The number of carbonyl (C=O) groups excluding carboxylic acids is 1. The molecule has 0 saturated carbocycles. The number of nitrogens with two attached hydrogens (primary N) is 2. The summed E-state index contributed by atoms with van der Waals surface area (Å²) >= 11 is 0. The summed E-state index contributed by atoms with van der Waals surface area (Å²) in [6.45, 7) is 5.15. The zero-order valence-electron chi connectivity index (χ0n) is 9.85. The Labute approximate surface area is 99.8 Å². The molecule has 8 heteroatoms. The summed E-state index contributed by atoms with van der Waals surface area (Å²) in [4.78, 5) is 19.3. The average molecular weight is 242 g/mol. The van der Waals surface area contributed by atoms with Crippen molar-refractivity contribution in [2.75, 3.05) is 30.1 Å². The van der Waals surface area contributed by atoms with Gasteiger partial charge in [0.15, 0.2) is 0 Å². The summed E-state index contributed by atoms with van der Waals surface area (Å²) in [6.07, 6.45) is 2.13. The van der Waals surface area contributed by atoms with Crippen LogP contribution < -0.4 is 16.8 Å². The predicted molar refractivity (Wildman–Crippen MR) is 65.1 cm³/mol. The van der Waals surface area contributed by atoms with Crippen LogP contribution in [0.5, 0.6) is 0 Å². The van der Waals surface area contributed by atoms with E-state index >= 15 is 0 Å². The lowest BCUT2D eigenvalue weighted by Gasteiger charge is -2.06. The molecule has 0 fully saturated rings. The number of ether oxygens (including phenoxy) is 1. The van der Waals surface area contributed by atoms with Crippen LogP contribution in [-0.2, 0) is 9.53 Å². The summed E-state index contributed by atoms with van der Waals surface area (Å²) in [5.74, 6) is 0.522. The number of anilines is 3. The van der Waals surface area contributed by atoms with E-state index in [0.717, 1.165) is 12.8 Å². The summed E-state index contributed by atoms with van der Waals surface area (Å²) in [6, 6.07) is 0. The van der Waals surface area contributed by atoms with Crippen molar-refractivity contribution in [3.05, 3.63) is 0 Å². The maximum Gasteiger partial charge on any atom is 0.231 e. The summed E-state index contributed by atoms with van der Waals surface area (Å²) in [5.41, 5.74) is 10.8. The number of unbranched alkanes of at least 4 members (excludes halogenated alkanes) is 1. The minimum atomic E-state index is 0.0959. The van der Waals surface area contributed by atoms with Gasteiger partial charge in [-0.05, 0) is 6.42 Å². The molecule has 1 heterocycles. The van der Waals surface area contributed by atoms with Gasteiger partial charge in [-0.1, -0.05) is 13.3 Å². The Morgan fingerprint density at radius 3 is 2.35 bits per heavy atom. The number of nitrogen functional groups attached to an aromatic ring is 2. The second-order valence-electron chi connectivity index (χ2n) is 2.96. The highest BCUT2D eigenvalue weighted by Crippen LogP contribution is 2.02. The van der Waals surface area contributed by atoms with E-state index in [1.165, 1.54) is 0 Å².